The van der Waals surface area contributed by atoms with Crippen LogP contribution in [0.3, 0.4) is 0 Å². The number of rotatable bonds is 3. The summed E-state index contributed by atoms with van der Waals surface area (Å²) < 4.78 is 5.42. The average Bonchev–Trinajstić information content (AvgIpc) is 2.80. The molecule has 2 aliphatic rings. The van der Waals surface area contributed by atoms with Gasteiger partial charge in [0.05, 0.1) is 17.1 Å². The van der Waals surface area contributed by atoms with E-state index in [-0.39, 0.29) is 5.97 Å². The first-order valence-electron chi connectivity index (χ1n) is 5.70. The molecule has 0 radical (unpaired) electrons. The van der Waals surface area contributed by atoms with Crippen molar-refractivity contribution in [2.75, 3.05) is 18.1 Å². The van der Waals surface area contributed by atoms with Crippen LogP contribution in [0.2, 0.25) is 0 Å². The van der Waals surface area contributed by atoms with Crippen molar-refractivity contribution < 1.29 is 9.53 Å². The Kier molecular flexibility index (Phi) is 3.88. The minimum absolute atomic E-state index is 0.00289. The molecule has 86 valence electrons. The molecule has 2 fully saturated rings. The Labute approximate surface area is 99.9 Å². The number of hydrogen-bond donors (Lipinski definition) is 0. The summed E-state index contributed by atoms with van der Waals surface area (Å²) in [4.78, 5) is 11.5. The quantitative estimate of drug-likeness (QED) is 0.715. The molecule has 1 aliphatic heterocycles. The molecule has 1 unspecified atom stereocenters. The second-order valence-electron chi connectivity index (χ2n) is 4.11. The van der Waals surface area contributed by atoms with Gasteiger partial charge in [-0.2, -0.15) is 0 Å². The van der Waals surface area contributed by atoms with Gasteiger partial charge in [-0.15, -0.1) is 23.5 Å². The monoisotopic (exact) mass is 246 g/mol. The van der Waals surface area contributed by atoms with Crippen molar-refractivity contribution in [1.29, 1.82) is 0 Å². The maximum Gasteiger partial charge on any atom is 0.306 e. The van der Waals surface area contributed by atoms with Crippen LogP contribution >= 0.6 is 23.5 Å². The molecule has 0 aromatic rings. The molecule has 0 aromatic heterocycles. The summed E-state index contributed by atoms with van der Waals surface area (Å²) in [6.45, 7) is 2.39. The molecule has 1 aliphatic carbocycles. The molecule has 0 amide bonds. The second kappa shape index (κ2) is 5.00. The number of carbonyl (C=O) groups excluding carboxylic acids is 1. The van der Waals surface area contributed by atoms with Crippen LogP contribution in [0.25, 0.3) is 0 Å². The van der Waals surface area contributed by atoms with Gasteiger partial charge in [-0.25, -0.2) is 0 Å². The van der Waals surface area contributed by atoms with Crippen molar-refractivity contribution in [2.45, 2.75) is 36.7 Å². The van der Waals surface area contributed by atoms with E-state index in [1.54, 1.807) is 0 Å². The fourth-order valence-electron chi connectivity index (χ4n) is 2.55. The van der Waals surface area contributed by atoms with E-state index in [9.17, 15) is 4.79 Å². The summed E-state index contributed by atoms with van der Waals surface area (Å²) in [7, 11) is 0. The molecular formula is C11H18O2S2. The van der Waals surface area contributed by atoms with Gasteiger partial charge in [0, 0.05) is 11.5 Å². The Bertz CT molecular complexity index is 231. The zero-order valence-electron chi connectivity index (χ0n) is 9.16. The maximum absolute atomic E-state index is 11.5. The minimum atomic E-state index is -0.00289. The van der Waals surface area contributed by atoms with Crippen molar-refractivity contribution >= 4 is 29.5 Å². The standard InChI is InChI=1S/C11H18O2S2/c1-2-13-10(12)8-9-4-3-5-11(9)14-6-7-15-11/h9H,2-8H2,1H3. The van der Waals surface area contributed by atoms with Crippen molar-refractivity contribution in [1.82, 2.24) is 0 Å². The van der Waals surface area contributed by atoms with Crippen LogP contribution in [-0.4, -0.2) is 28.2 Å². The number of thioether (sulfide) groups is 2. The molecule has 1 spiro atoms. The van der Waals surface area contributed by atoms with Gasteiger partial charge in [0.1, 0.15) is 0 Å². The molecule has 0 N–H and O–H groups in total. The third kappa shape index (κ3) is 2.47. The van der Waals surface area contributed by atoms with E-state index >= 15 is 0 Å². The van der Waals surface area contributed by atoms with Crippen LogP contribution in [0, 0.1) is 5.92 Å². The van der Waals surface area contributed by atoms with Gasteiger partial charge in [0.25, 0.3) is 0 Å². The predicted molar refractivity (Wildman–Crippen MR) is 66.2 cm³/mol. The number of ether oxygens (including phenoxy) is 1. The van der Waals surface area contributed by atoms with Crippen molar-refractivity contribution in [2.24, 2.45) is 5.92 Å². The van der Waals surface area contributed by atoms with Crippen molar-refractivity contribution in [3.63, 3.8) is 0 Å². The Morgan fingerprint density at radius 2 is 2.20 bits per heavy atom. The zero-order chi connectivity index (χ0) is 10.7. The third-order valence-electron chi connectivity index (χ3n) is 3.19. The topological polar surface area (TPSA) is 26.3 Å². The maximum atomic E-state index is 11.5. The van der Waals surface area contributed by atoms with Gasteiger partial charge >= 0.3 is 5.97 Å². The molecule has 0 bridgehead atoms. The summed E-state index contributed by atoms with van der Waals surface area (Å²) >= 11 is 4.15. The first kappa shape index (κ1) is 11.6. The number of esters is 1. The van der Waals surface area contributed by atoms with Crippen LogP contribution in [-0.2, 0) is 9.53 Å². The van der Waals surface area contributed by atoms with Gasteiger partial charge < -0.3 is 4.74 Å². The summed E-state index contributed by atoms with van der Waals surface area (Å²) in [6, 6.07) is 0. The van der Waals surface area contributed by atoms with Gasteiger partial charge in [0.15, 0.2) is 0 Å². The molecule has 2 nitrogen and oxygen atoms in total. The normalized spacial score (nSPS) is 28.5. The molecule has 1 saturated heterocycles. The SMILES string of the molecule is CCOC(=O)CC1CCCC12SCCS2. The largest absolute Gasteiger partial charge is 0.466 e. The second-order valence-corrected chi connectivity index (χ2v) is 7.22. The highest BCUT2D eigenvalue weighted by Crippen LogP contribution is 2.58. The molecule has 4 heteroatoms. The molecule has 0 aromatic carbocycles. The summed E-state index contributed by atoms with van der Waals surface area (Å²) in [5.41, 5.74) is 0. The first-order valence-corrected chi connectivity index (χ1v) is 7.67. The highest BCUT2D eigenvalue weighted by molar-refractivity contribution is 8.21. The molecule has 2 rings (SSSR count). The van der Waals surface area contributed by atoms with Crippen molar-refractivity contribution in [3.8, 4) is 0 Å². The van der Waals surface area contributed by atoms with E-state index in [1.165, 1.54) is 30.8 Å². The van der Waals surface area contributed by atoms with Crippen LogP contribution in [0.1, 0.15) is 32.6 Å². The van der Waals surface area contributed by atoms with E-state index in [2.05, 4.69) is 23.5 Å². The zero-order valence-corrected chi connectivity index (χ0v) is 10.8. The van der Waals surface area contributed by atoms with Crippen LogP contribution in [0.5, 0.6) is 0 Å². The van der Waals surface area contributed by atoms with E-state index in [0.717, 1.165) is 0 Å². The van der Waals surface area contributed by atoms with Crippen LogP contribution in [0.15, 0.2) is 0 Å². The highest BCUT2D eigenvalue weighted by atomic mass is 32.2. The summed E-state index contributed by atoms with van der Waals surface area (Å²) in [5, 5.41) is 0. The van der Waals surface area contributed by atoms with Gasteiger partial charge in [-0.1, -0.05) is 6.42 Å². The Morgan fingerprint density at radius 1 is 1.47 bits per heavy atom. The van der Waals surface area contributed by atoms with Crippen LogP contribution < -0.4 is 0 Å². The number of carbonyl (C=O) groups is 1. The molecule has 1 heterocycles. The van der Waals surface area contributed by atoms with Gasteiger partial charge in [-0.3, -0.25) is 4.79 Å². The first-order chi connectivity index (χ1) is 7.27. The lowest BCUT2D eigenvalue weighted by atomic mass is 10.0. The lowest BCUT2D eigenvalue weighted by Crippen LogP contribution is -2.25. The minimum Gasteiger partial charge on any atom is -0.466 e. The van der Waals surface area contributed by atoms with Crippen LogP contribution in [0.4, 0.5) is 0 Å². The summed E-state index contributed by atoms with van der Waals surface area (Å²) in [5.74, 6) is 3.06. The predicted octanol–water partition coefficient (Wildman–Crippen LogP) is 2.92. The fraction of sp³-hybridized carbons (Fsp3) is 0.909. The highest BCUT2D eigenvalue weighted by Gasteiger charge is 2.47. The smallest absolute Gasteiger partial charge is 0.306 e. The van der Waals surface area contributed by atoms with Gasteiger partial charge in [0.2, 0.25) is 0 Å². The average molecular weight is 246 g/mol. The molecular weight excluding hydrogens is 228 g/mol. The van der Waals surface area contributed by atoms with E-state index in [4.69, 9.17) is 4.74 Å². The molecule has 15 heavy (non-hydrogen) atoms. The Balaban J connectivity index is 1.93. The molecule has 1 saturated carbocycles. The molecule has 1 atom stereocenters. The lowest BCUT2D eigenvalue weighted by Gasteiger charge is -2.28. The summed E-state index contributed by atoms with van der Waals surface area (Å²) in [6.07, 6.45) is 4.41. The fourth-order valence-corrected chi connectivity index (χ4v) is 6.19. The van der Waals surface area contributed by atoms with E-state index in [0.29, 0.717) is 23.0 Å². The third-order valence-corrected chi connectivity index (χ3v) is 7.03. The Hall–Kier alpha value is 0.170. The van der Waals surface area contributed by atoms with E-state index < -0.39 is 0 Å². The van der Waals surface area contributed by atoms with E-state index in [1.807, 2.05) is 6.92 Å². The Morgan fingerprint density at radius 3 is 2.87 bits per heavy atom. The number of hydrogen-bond acceptors (Lipinski definition) is 4. The van der Waals surface area contributed by atoms with Crippen molar-refractivity contribution in [3.05, 3.63) is 0 Å². The van der Waals surface area contributed by atoms with Gasteiger partial charge in [-0.05, 0) is 25.7 Å². The lowest BCUT2D eigenvalue weighted by molar-refractivity contribution is -0.144.